The van der Waals surface area contributed by atoms with E-state index in [0.717, 1.165) is 21.8 Å². The molecule has 0 fully saturated rings. The Labute approximate surface area is 118 Å². The molecule has 0 saturated heterocycles. The molecule has 2 aromatic rings. The molecule has 1 atom stereocenters. The zero-order valence-electron chi connectivity index (χ0n) is 11.6. The summed E-state index contributed by atoms with van der Waals surface area (Å²) >= 11 is 1.60. The smallest absolute Gasteiger partial charge is 0.184 e. The minimum atomic E-state index is -0.222. The molecule has 1 N–H and O–H groups in total. The van der Waals surface area contributed by atoms with Gasteiger partial charge in [-0.15, -0.1) is 0 Å². The average Bonchev–Trinajstić information content (AvgIpc) is 2.77. The van der Waals surface area contributed by atoms with Crippen LogP contribution in [0.25, 0.3) is 10.2 Å². The fraction of sp³-hybridized carbons (Fsp3) is 0.533. The van der Waals surface area contributed by atoms with Crippen molar-refractivity contribution < 1.29 is 4.39 Å². The summed E-state index contributed by atoms with van der Waals surface area (Å²) in [4.78, 5) is 4.47. The quantitative estimate of drug-likeness (QED) is 0.753. The summed E-state index contributed by atoms with van der Waals surface area (Å²) in [5, 5.41) is 4.42. The molecule has 1 unspecified atom stereocenters. The van der Waals surface area contributed by atoms with Gasteiger partial charge in [-0.3, -0.25) is 0 Å². The number of hydrogen-bond acceptors (Lipinski definition) is 3. The zero-order valence-corrected chi connectivity index (χ0v) is 12.4. The second-order valence-electron chi connectivity index (χ2n) is 4.90. The lowest BCUT2D eigenvalue weighted by Gasteiger charge is -2.16. The first kappa shape index (κ1) is 14.3. The average molecular weight is 280 g/mol. The molecule has 104 valence electrons. The van der Waals surface area contributed by atoms with E-state index in [1.165, 1.54) is 37.8 Å². The molecule has 0 bridgehead atoms. The molecule has 1 heterocycles. The number of nitrogens with zero attached hydrogens (tertiary/aromatic N) is 1. The molecule has 0 aliphatic rings. The van der Waals surface area contributed by atoms with Crippen molar-refractivity contribution in [3.8, 4) is 0 Å². The van der Waals surface area contributed by atoms with Gasteiger partial charge in [0.15, 0.2) is 5.13 Å². The Morgan fingerprint density at radius 1 is 1.26 bits per heavy atom. The van der Waals surface area contributed by atoms with Crippen molar-refractivity contribution in [2.24, 2.45) is 0 Å². The Morgan fingerprint density at radius 3 is 2.84 bits per heavy atom. The number of nitrogens with one attached hydrogen (secondary N) is 1. The van der Waals surface area contributed by atoms with Crippen LogP contribution in [0.15, 0.2) is 18.2 Å². The molecule has 2 nitrogen and oxygen atoms in total. The number of unbranched alkanes of at least 4 members (excludes halogenated alkanes) is 1. The number of aromatic nitrogens is 1. The summed E-state index contributed by atoms with van der Waals surface area (Å²) in [6.07, 6.45) is 5.95. The van der Waals surface area contributed by atoms with E-state index >= 15 is 0 Å². The van der Waals surface area contributed by atoms with Gasteiger partial charge in [-0.05, 0) is 25.0 Å². The third-order valence-electron chi connectivity index (χ3n) is 3.22. The second-order valence-corrected chi connectivity index (χ2v) is 5.93. The number of halogens is 1. The molecular weight excluding hydrogens is 259 g/mol. The number of benzene rings is 1. The summed E-state index contributed by atoms with van der Waals surface area (Å²) in [6.45, 7) is 4.41. The maximum Gasteiger partial charge on any atom is 0.184 e. The Hall–Kier alpha value is -1.16. The first-order valence-electron chi connectivity index (χ1n) is 7.05. The number of rotatable bonds is 7. The number of hydrogen-bond donors (Lipinski definition) is 1. The number of anilines is 1. The molecule has 4 heteroatoms. The van der Waals surface area contributed by atoms with Crippen LogP contribution in [0.1, 0.15) is 46.0 Å². The van der Waals surface area contributed by atoms with Crippen molar-refractivity contribution in [2.75, 3.05) is 5.32 Å². The van der Waals surface area contributed by atoms with Crippen LogP contribution in [0.3, 0.4) is 0 Å². The molecule has 0 aliphatic carbocycles. The maximum atomic E-state index is 13.1. The van der Waals surface area contributed by atoms with E-state index in [0.29, 0.717) is 6.04 Å². The highest BCUT2D eigenvalue weighted by Gasteiger charge is 2.10. The van der Waals surface area contributed by atoms with E-state index in [2.05, 4.69) is 24.1 Å². The Balaban J connectivity index is 2.09. The van der Waals surface area contributed by atoms with Gasteiger partial charge in [0.05, 0.1) is 10.2 Å². The van der Waals surface area contributed by atoms with Crippen molar-refractivity contribution in [3.63, 3.8) is 0 Å². The molecular formula is C15H21FN2S. The predicted molar refractivity (Wildman–Crippen MR) is 81.4 cm³/mol. The van der Waals surface area contributed by atoms with Crippen molar-refractivity contribution in [1.29, 1.82) is 0 Å². The Morgan fingerprint density at radius 2 is 2.11 bits per heavy atom. The molecule has 0 saturated carbocycles. The van der Waals surface area contributed by atoms with Crippen LogP contribution in [-0.2, 0) is 0 Å². The standard InChI is InChI=1S/C15H21FN2S/c1-3-5-7-12(6-4-2)17-15-18-13-10-11(16)8-9-14(13)19-15/h8-10,12H,3-7H2,1-2H3,(H,17,18). The zero-order chi connectivity index (χ0) is 13.7. The summed E-state index contributed by atoms with van der Waals surface area (Å²) in [6, 6.07) is 5.27. The van der Waals surface area contributed by atoms with Crippen molar-refractivity contribution in [1.82, 2.24) is 4.98 Å². The van der Waals surface area contributed by atoms with E-state index in [-0.39, 0.29) is 5.82 Å². The van der Waals surface area contributed by atoms with Crippen molar-refractivity contribution in [3.05, 3.63) is 24.0 Å². The maximum absolute atomic E-state index is 13.1. The van der Waals surface area contributed by atoms with Gasteiger partial charge in [0.2, 0.25) is 0 Å². The van der Waals surface area contributed by atoms with Crippen molar-refractivity contribution in [2.45, 2.75) is 52.0 Å². The minimum Gasteiger partial charge on any atom is -0.359 e. The molecule has 0 amide bonds. The highest BCUT2D eigenvalue weighted by molar-refractivity contribution is 7.22. The van der Waals surface area contributed by atoms with Gasteiger partial charge in [0.1, 0.15) is 5.82 Å². The van der Waals surface area contributed by atoms with Crippen LogP contribution in [0.4, 0.5) is 9.52 Å². The summed E-state index contributed by atoms with van der Waals surface area (Å²) < 4.78 is 14.2. The number of fused-ring (bicyclic) bond motifs is 1. The third-order valence-corrected chi connectivity index (χ3v) is 4.19. The lowest BCUT2D eigenvalue weighted by atomic mass is 10.1. The van der Waals surface area contributed by atoms with Crippen LogP contribution in [-0.4, -0.2) is 11.0 Å². The van der Waals surface area contributed by atoms with Gasteiger partial charge < -0.3 is 5.32 Å². The molecule has 2 rings (SSSR count). The molecule has 0 radical (unpaired) electrons. The number of thiazole rings is 1. The van der Waals surface area contributed by atoms with E-state index in [1.807, 2.05) is 0 Å². The van der Waals surface area contributed by atoms with Gasteiger partial charge in [0, 0.05) is 12.1 Å². The van der Waals surface area contributed by atoms with Crippen LogP contribution < -0.4 is 5.32 Å². The molecule has 1 aromatic carbocycles. The first-order valence-corrected chi connectivity index (χ1v) is 7.87. The molecule has 1 aromatic heterocycles. The first-order chi connectivity index (χ1) is 9.22. The van der Waals surface area contributed by atoms with Gasteiger partial charge in [0.25, 0.3) is 0 Å². The normalized spacial score (nSPS) is 12.8. The monoisotopic (exact) mass is 280 g/mol. The van der Waals surface area contributed by atoms with Crippen LogP contribution in [0.5, 0.6) is 0 Å². The SMILES string of the molecule is CCCCC(CCC)Nc1nc2cc(F)ccc2s1. The molecule has 0 spiro atoms. The van der Waals surface area contributed by atoms with Gasteiger partial charge in [-0.25, -0.2) is 9.37 Å². The summed E-state index contributed by atoms with van der Waals surface area (Å²) in [5.41, 5.74) is 0.748. The molecule has 0 aliphatic heterocycles. The minimum absolute atomic E-state index is 0.222. The van der Waals surface area contributed by atoms with E-state index in [4.69, 9.17) is 0 Å². The Kier molecular flexibility index (Phi) is 5.14. The highest BCUT2D eigenvalue weighted by Crippen LogP contribution is 2.27. The van der Waals surface area contributed by atoms with Crippen LogP contribution in [0.2, 0.25) is 0 Å². The van der Waals surface area contributed by atoms with Gasteiger partial charge in [-0.1, -0.05) is 44.4 Å². The largest absolute Gasteiger partial charge is 0.359 e. The van der Waals surface area contributed by atoms with Crippen LogP contribution >= 0.6 is 11.3 Å². The lowest BCUT2D eigenvalue weighted by molar-refractivity contribution is 0.564. The highest BCUT2D eigenvalue weighted by atomic mass is 32.1. The van der Waals surface area contributed by atoms with Crippen molar-refractivity contribution >= 4 is 26.7 Å². The Bertz CT molecular complexity index is 524. The lowest BCUT2D eigenvalue weighted by Crippen LogP contribution is -2.18. The fourth-order valence-corrected chi connectivity index (χ4v) is 3.15. The summed E-state index contributed by atoms with van der Waals surface area (Å²) in [7, 11) is 0. The topological polar surface area (TPSA) is 24.9 Å². The molecule has 19 heavy (non-hydrogen) atoms. The van der Waals surface area contributed by atoms with E-state index in [9.17, 15) is 4.39 Å². The van der Waals surface area contributed by atoms with E-state index < -0.39 is 0 Å². The third kappa shape index (κ3) is 3.90. The fourth-order valence-electron chi connectivity index (χ4n) is 2.22. The summed E-state index contributed by atoms with van der Waals surface area (Å²) in [5.74, 6) is -0.222. The van der Waals surface area contributed by atoms with E-state index in [1.54, 1.807) is 17.4 Å². The second kappa shape index (κ2) is 6.85. The van der Waals surface area contributed by atoms with Gasteiger partial charge >= 0.3 is 0 Å². The van der Waals surface area contributed by atoms with Gasteiger partial charge in [-0.2, -0.15) is 0 Å². The predicted octanol–water partition coefficient (Wildman–Crippen LogP) is 5.21. The van der Waals surface area contributed by atoms with Crippen LogP contribution in [0, 0.1) is 5.82 Å².